The van der Waals surface area contributed by atoms with Gasteiger partial charge in [0.1, 0.15) is 0 Å². The van der Waals surface area contributed by atoms with Crippen LogP contribution in [0.25, 0.3) is 0 Å². The third-order valence-electron chi connectivity index (χ3n) is 2.27. The number of hydrogen-bond acceptors (Lipinski definition) is 3. The van der Waals surface area contributed by atoms with Crippen LogP contribution in [0.1, 0.15) is 30.1 Å². The van der Waals surface area contributed by atoms with E-state index in [1.54, 1.807) is 18.2 Å². The quantitative estimate of drug-likeness (QED) is 0.820. The van der Waals surface area contributed by atoms with Gasteiger partial charge in [0.25, 0.3) is 0 Å². The normalized spacial score (nSPS) is 17.8. The maximum Gasteiger partial charge on any atom is 0.248 e. The van der Waals surface area contributed by atoms with Crippen LogP contribution in [0, 0.1) is 0 Å². The molecule has 15 heavy (non-hydrogen) atoms. The SMILES string of the molecule is CCCC1Oc2ccc(C(N)=O)cc2O1. The molecule has 1 aliphatic heterocycles. The zero-order valence-corrected chi connectivity index (χ0v) is 8.53. The van der Waals surface area contributed by atoms with Crippen LogP contribution in [0.2, 0.25) is 0 Å². The standard InChI is InChI=1S/C11H13NO3/c1-2-3-10-14-8-5-4-7(11(12)13)6-9(8)15-10/h4-6,10H,2-3H2,1H3,(H2,12,13). The third-order valence-corrected chi connectivity index (χ3v) is 2.27. The zero-order chi connectivity index (χ0) is 10.8. The molecule has 1 heterocycles. The van der Waals surface area contributed by atoms with E-state index in [1.165, 1.54) is 0 Å². The van der Waals surface area contributed by atoms with E-state index in [9.17, 15) is 4.79 Å². The molecule has 1 unspecified atom stereocenters. The summed E-state index contributed by atoms with van der Waals surface area (Å²) in [5, 5.41) is 0. The molecular formula is C11H13NO3. The first kappa shape index (κ1) is 9.83. The molecule has 0 saturated heterocycles. The molecule has 0 spiro atoms. The molecule has 0 radical (unpaired) electrons. The summed E-state index contributed by atoms with van der Waals surface area (Å²) in [6.07, 6.45) is 1.59. The Labute approximate surface area is 88.0 Å². The van der Waals surface area contributed by atoms with Crippen molar-refractivity contribution in [2.75, 3.05) is 0 Å². The number of rotatable bonds is 3. The van der Waals surface area contributed by atoms with Crippen LogP contribution in [0.5, 0.6) is 11.5 Å². The summed E-state index contributed by atoms with van der Waals surface area (Å²) >= 11 is 0. The van der Waals surface area contributed by atoms with Crippen LogP contribution < -0.4 is 15.2 Å². The van der Waals surface area contributed by atoms with Crippen molar-refractivity contribution in [3.05, 3.63) is 23.8 Å². The molecule has 0 saturated carbocycles. The van der Waals surface area contributed by atoms with E-state index in [-0.39, 0.29) is 6.29 Å². The lowest BCUT2D eigenvalue weighted by Gasteiger charge is -2.07. The number of ether oxygens (including phenoxy) is 2. The topological polar surface area (TPSA) is 61.5 Å². The first-order chi connectivity index (χ1) is 7.20. The van der Waals surface area contributed by atoms with Crippen molar-refractivity contribution < 1.29 is 14.3 Å². The van der Waals surface area contributed by atoms with E-state index in [1.807, 2.05) is 0 Å². The number of amides is 1. The smallest absolute Gasteiger partial charge is 0.248 e. The van der Waals surface area contributed by atoms with Crippen LogP contribution in [0.3, 0.4) is 0 Å². The Morgan fingerprint density at radius 1 is 1.40 bits per heavy atom. The van der Waals surface area contributed by atoms with Crippen molar-refractivity contribution in [2.45, 2.75) is 26.1 Å². The molecule has 1 aliphatic rings. The predicted molar refractivity (Wildman–Crippen MR) is 54.9 cm³/mol. The van der Waals surface area contributed by atoms with Crippen LogP contribution in [0.4, 0.5) is 0 Å². The fraction of sp³-hybridized carbons (Fsp3) is 0.364. The highest BCUT2D eigenvalue weighted by molar-refractivity contribution is 5.93. The lowest BCUT2D eigenvalue weighted by Crippen LogP contribution is -2.16. The number of nitrogens with two attached hydrogens (primary N) is 1. The molecule has 80 valence electrons. The molecule has 2 rings (SSSR count). The minimum Gasteiger partial charge on any atom is -0.451 e. The van der Waals surface area contributed by atoms with Crippen LogP contribution in [-0.4, -0.2) is 12.2 Å². The Hall–Kier alpha value is -1.71. The van der Waals surface area contributed by atoms with Crippen LogP contribution in [0.15, 0.2) is 18.2 Å². The van der Waals surface area contributed by atoms with E-state index in [2.05, 4.69) is 6.92 Å². The van der Waals surface area contributed by atoms with Gasteiger partial charge in [-0.05, 0) is 24.6 Å². The third kappa shape index (κ3) is 1.88. The Morgan fingerprint density at radius 3 is 2.80 bits per heavy atom. The van der Waals surface area contributed by atoms with Gasteiger partial charge < -0.3 is 15.2 Å². The summed E-state index contributed by atoms with van der Waals surface area (Å²) < 4.78 is 11.0. The van der Waals surface area contributed by atoms with Gasteiger partial charge in [-0.15, -0.1) is 0 Å². The van der Waals surface area contributed by atoms with E-state index in [0.717, 1.165) is 12.8 Å². The number of carbonyl (C=O) groups excluding carboxylic acids is 1. The molecule has 1 aromatic carbocycles. The maximum atomic E-state index is 10.9. The number of fused-ring (bicyclic) bond motifs is 1. The Balaban J connectivity index is 2.20. The van der Waals surface area contributed by atoms with Crippen molar-refractivity contribution in [1.29, 1.82) is 0 Å². The second-order valence-electron chi connectivity index (χ2n) is 3.48. The highest BCUT2D eigenvalue weighted by atomic mass is 16.7. The monoisotopic (exact) mass is 207 g/mol. The van der Waals surface area contributed by atoms with Gasteiger partial charge >= 0.3 is 0 Å². The minimum atomic E-state index is -0.458. The molecule has 1 aromatic rings. The molecule has 0 fully saturated rings. The van der Waals surface area contributed by atoms with Gasteiger partial charge in [0, 0.05) is 12.0 Å². The maximum absolute atomic E-state index is 10.9. The number of primary amides is 1. The summed E-state index contributed by atoms with van der Waals surface area (Å²) in [5.74, 6) is 0.823. The van der Waals surface area contributed by atoms with E-state index in [4.69, 9.17) is 15.2 Å². The Kier molecular flexibility index (Phi) is 2.49. The average molecular weight is 207 g/mol. The molecule has 1 amide bonds. The average Bonchev–Trinajstić information content (AvgIpc) is 2.59. The van der Waals surface area contributed by atoms with Crippen LogP contribution >= 0.6 is 0 Å². The lowest BCUT2D eigenvalue weighted by molar-refractivity contribution is 0.0413. The molecule has 0 bridgehead atoms. The van der Waals surface area contributed by atoms with Crippen molar-refractivity contribution in [3.63, 3.8) is 0 Å². The van der Waals surface area contributed by atoms with Crippen molar-refractivity contribution in [2.24, 2.45) is 5.73 Å². The Morgan fingerprint density at radius 2 is 2.13 bits per heavy atom. The molecule has 1 atom stereocenters. The molecule has 0 aromatic heterocycles. The fourth-order valence-corrected chi connectivity index (χ4v) is 1.51. The number of carbonyl (C=O) groups is 1. The molecular weight excluding hydrogens is 194 g/mol. The number of benzene rings is 1. The Bertz CT molecular complexity index is 389. The minimum absolute atomic E-state index is 0.229. The summed E-state index contributed by atoms with van der Waals surface area (Å²) in [4.78, 5) is 10.9. The zero-order valence-electron chi connectivity index (χ0n) is 8.53. The van der Waals surface area contributed by atoms with Gasteiger partial charge in [-0.1, -0.05) is 6.92 Å². The summed E-state index contributed by atoms with van der Waals surface area (Å²) in [5.41, 5.74) is 5.61. The van der Waals surface area contributed by atoms with E-state index in [0.29, 0.717) is 17.1 Å². The van der Waals surface area contributed by atoms with Gasteiger partial charge in [0.15, 0.2) is 11.5 Å². The summed E-state index contributed by atoms with van der Waals surface area (Å²) in [6.45, 7) is 2.06. The van der Waals surface area contributed by atoms with E-state index >= 15 is 0 Å². The van der Waals surface area contributed by atoms with E-state index < -0.39 is 5.91 Å². The molecule has 4 heteroatoms. The van der Waals surface area contributed by atoms with Gasteiger partial charge in [-0.25, -0.2) is 0 Å². The largest absolute Gasteiger partial charge is 0.451 e. The van der Waals surface area contributed by atoms with Gasteiger partial charge in [-0.3, -0.25) is 4.79 Å². The van der Waals surface area contributed by atoms with Crippen LogP contribution in [-0.2, 0) is 0 Å². The second kappa shape index (κ2) is 3.81. The number of hydrogen-bond donors (Lipinski definition) is 1. The molecule has 2 N–H and O–H groups in total. The summed E-state index contributed by atoms with van der Waals surface area (Å²) in [7, 11) is 0. The highest BCUT2D eigenvalue weighted by Gasteiger charge is 2.23. The van der Waals surface area contributed by atoms with Crippen molar-refractivity contribution >= 4 is 5.91 Å². The first-order valence-electron chi connectivity index (χ1n) is 4.98. The van der Waals surface area contributed by atoms with Gasteiger partial charge in [0.05, 0.1) is 0 Å². The first-order valence-corrected chi connectivity index (χ1v) is 4.98. The van der Waals surface area contributed by atoms with Crippen molar-refractivity contribution in [1.82, 2.24) is 0 Å². The predicted octanol–water partition coefficient (Wildman–Crippen LogP) is 1.68. The van der Waals surface area contributed by atoms with Gasteiger partial charge in [0.2, 0.25) is 12.2 Å². The van der Waals surface area contributed by atoms with Crippen molar-refractivity contribution in [3.8, 4) is 11.5 Å². The summed E-state index contributed by atoms with van der Waals surface area (Å²) in [6, 6.07) is 4.97. The molecule has 0 aliphatic carbocycles. The van der Waals surface area contributed by atoms with Gasteiger partial charge in [-0.2, -0.15) is 0 Å². The highest BCUT2D eigenvalue weighted by Crippen LogP contribution is 2.36. The molecule has 4 nitrogen and oxygen atoms in total. The fourth-order valence-electron chi connectivity index (χ4n) is 1.51. The second-order valence-corrected chi connectivity index (χ2v) is 3.48. The lowest BCUT2D eigenvalue weighted by atomic mass is 10.2.